The molecule has 1 saturated heterocycles. The van der Waals surface area contributed by atoms with Crippen LogP contribution in [0.15, 0.2) is 53.5 Å². The van der Waals surface area contributed by atoms with Gasteiger partial charge in [-0.15, -0.1) is 0 Å². The second-order valence-corrected chi connectivity index (χ2v) is 6.65. The van der Waals surface area contributed by atoms with Crippen LogP contribution in [0.3, 0.4) is 0 Å². The Labute approximate surface area is 169 Å². The Morgan fingerprint density at radius 1 is 1.17 bits per heavy atom. The molecule has 1 heterocycles. The van der Waals surface area contributed by atoms with Crippen LogP contribution in [0.2, 0.25) is 0 Å². The minimum absolute atomic E-state index is 0.00774. The summed E-state index contributed by atoms with van der Waals surface area (Å²) in [7, 11) is 1.61. The lowest BCUT2D eigenvalue weighted by Gasteiger charge is -2.16. The zero-order chi connectivity index (χ0) is 20.6. The van der Waals surface area contributed by atoms with E-state index in [1.807, 2.05) is 24.3 Å². The lowest BCUT2D eigenvalue weighted by atomic mass is 10.2. The second kappa shape index (κ2) is 9.68. The molecule has 29 heavy (non-hydrogen) atoms. The summed E-state index contributed by atoms with van der Waals surface area (Å²) in [6.45, 7) is 1.27. The second-order valence-electron chi connectivity index (χ2n) is 6.65. The Kier molecular flexibility index (Phi) is 6.78. The predicted molar refractivity (Wildman–Crippen MR) is 111 cm³/mol. The summed E-state index contributed by atoms with van der Waals surface area (Å²) in [5.74, 6) is -0.0817. The molecule has 0 atom stereocenters. The largest absolute Gasteiger partial charge is 0.352 e. The molecule has 0 aliphatic carbocycles. The highest BCUT2D eigenvalue weighted by Crippen LogP contribution is 2.21. The number of carbonyl (C=O) groups excluding carboxylic acids is 2. The molecule has 8 heteroatoms. The number of carbonyl (C=O) groups is 2. The van der Waals surface area contributed by atoms with Crippen molar-refractivity contribution in [3.63, 3.8) is 0 Å². The van der Waals surface area contributed by atoms with Crippen molar-refractivity contribution >= 4 is 29.1 Å². The zero-order valence-corrected chi connectivity index (χ0v) is 16.2. The van der Waals surface area contributed by atoms with Crippen LogP contribution in [0.1, 0.15) is 18.4 Å². The van der Waals surface area contributed by atoms with Crippen LogP contribution < -0.4 is 20.9 Å². The van der Waals surface area contributed by atoms with Crippen molar-refractivity contribution in [1.29, 1.82) is 0 Å². The van der Waals surface area contributed by atoms with E-state index in [0.717, 1.165) is 24.2 Å². The molecule has 2 amide bonds. The van der Waals surface area contributed by atoms with Gasteiger partial charge in [-0.25, -0.2) is 4.39 Å². The first-order valence-corrected chi connectivity index (χ1v) is 9.44. The van der Waals surface area contributed by atoms with Crippen LogP contribution in [0.4, 0.5) is 15.8 Å². The van der Waals surface area contributed by atoms with Gasteiger partial charge in [-0.2, -0.15) is 0 Å². The van der Waals surface area contributed by atoms with Crippen molar-refractivity contribution < 1.29 is 14.0 Å². The maximum Gasteiger partial charge on any atom is 0.243 e. The maximum atomic E-state index is 13.2. The van der Waals surface area contributed by atoms with Crippen molar-refractivity contribution in [2.45, 2.75) is 19.4 Å². The standard InChI is InChI=1S/C21H24FN5O2/c1-23-21(25-14-19(28)26-17-5-2-4-16(22)12-17)24-13-15-7-9-18(10-8-15)27-11-3-6-20(27)29/h2,4-5,7-10,12H,3,6,11,13-14H2,1H3,(H,26,28)(H2,23,24,25). The fourth-order valence-electron chi connectivity index (χ4n) is 3.06. The van der Waals surface area contributed by atoms with Gasteiger partial charge in [0.25, 0.3) is 0 Å². The molecule has 2 aromatic carbocycles. The molecule has 0 saturated carbocycles. The van der Waals surface area contributed by atoms with E-state index in [9.17, 15) is 14.0 Å². The Hall–Kier alpha value is -3.42. The van der Waals surface area contributed by atoms with Gasteiger partial charge in [0, 0.05) is 37.9 Å². The molecular weight excluding hydrogens is 373 g/mol. The third-order valence-corrected chi connectivity index (χ3v) is 4.53. The van der Waals surface area contributed by atoms with Gasteiger partial charge in [-0.05, 0) is 42.3 Å². The molecule has 1 aliphatic rings. The minimum Gasteiger partial charge on any atom is -0.352 e. The molecule has 2 aromatic rings. The van der Waals surface area contributed by atoms with Gasteiger partial charge in [0.05, 0.1) is 6.54 Å². The number of anilines is 2. The SMILES string of the molecule is CN=C(NCC(=O)Nc1cccc(F)c1)NCc1ccc(N2CCCC2=O)cc1. The topological polar surface area (TPSA) is 85.8 Å². The fourth-order valence-corrected chi connectivity index (χ4v) is 3.06. The number of hydrogen-bond acceptors (Lipinski definition) is 3. The summed E-state index contributed by atoms with van der Waals surface area (Å²) in [6, 6.07) is 13.5. The monoisotopic (exact) mass is 397 g/mol. The summed E-state index contributed by atoms with van der Waals surface area (Å²) >= 11 is 0. The summed E-state index contributed by atoms with van der Waals surface area (Å²) in [5.41, 5.74) is 2.33. The maximum absolute atomic E-state index is 13.2. The molecule has 0 unspecified atom stereocenters. The van der Waals surface area contributed by atoms with Crippen molar-refractivity contribution in [1.82, 2.24) is 10.6 Å². The van der Waals surface area contributed by atoms with Gasteiger partial charge in [0.15, 0.2) is 5.96 Å². The average molecular weight is 397 g/mol. The first-order valence-electron chi connectivity index (χ1n) is 9.44. The quantitative estimate of drug-likeness (QED) is 0.516. The summed E-state index contributed by atoms with van der Waals surface area (Å²) in [4.78, 5) is 29.7. The molecule has 1 aliphatic heterocycles. The number of nitrogens with zero attached hydrogens (tertiary/aromatic N) is 2. The van der Waals surface area contributed by atoms with Crippen LogP contribution in [-0.2, 0) is 16.1 Å². The van der Waals surface area contributed by atoms with Crippen molar-refractivity contribution in [3.8, 4) is 0 Å². The molecule has 152 valence electrons. The van der Waals surface area contributed by atoms with Crippen molar-refractivity contribution in [2.24, 2.45) is 4.99 Å². The van der Waals surface area contributed by atoms with Crippen LogP contribution in [-0.4, -0.2) is 37.9 Å². The zero-order valence-electron chi connectivity index (χ0n) is 16.2. The van der Waals surface area contributed by atoms with Crippen LogP contribution in [0.5, 0.6) is 0 Å². The van der Waals surface area contributed by atoms with E-state index >= 15 is 0 Å². The van der Waals surface area contributed by atoms with E-state index in [1.54, 1.807) is 18.0 Å². The number of rotatable bonds is 6. The Balaban J connectivity index is 1.45. The highest BCUT2D eigenvalue weighted by molar-refractivity contribution is 5.95. The number of halogens is 1. The van der Waals surface area contributed by atoms with E-state index in [-0.39, 0.29) is 18.4 Å². The predicted octanol–water partition coefficient (Wildman–Crippen LogP) is 2.26. The fraction of sp³-hybridized carbons (Fsp3) is 0.286. The van der Waals surface area contributed by atoms with Gasteiger partial charge in [0.1, 0.15) is 5.82 Å². The van der Waals surface area contributed by atoms with E-state index in [4.69, 9.17) is 0 Å². The molecule has 0 bridgehead atoms. The van der Waals surface area contributed by atoms with Crippen molar-refractivity contribution in [3.05, 3.63) is 59.9 Å². The summed E-state index contributed by atoms with van der Waals surface area (Å²) in [5, 5.41) is 8.66. The number of aliphatic imine (C=N–C) groups is 1. The lowest BCUT2D eigenvalue weighted by molar-refractivity contribution is -0.117. The van der Waals surface area contributed by atoms with Gasteiger partial charge < -0.3 is 20.9 Å². The molecule has 0 aromatic heterocycles. The molecule has 0 radical (unpaired) electrons. The molecule has 3 rings (SSSR count). The van der Waals surface area contributed by atoms with E-state index in [1.165, 1.54) is 18.2 Å². The summed E-state index contributed by atoms with van der Waals surface area (Å²) < 4.78 is 13.2. The molecule has 7 nitrogen and oxygen atoms in total. The third kappa shape index (κ3) is 5.78. The average Bonchev–Trinajstić information content (AvgIpc) is 3.14. The Morgan fingerprint density at radius 2 is 1.97 bits per heavy atom. The lowest BCUT2D eigenvalue weighted by Crippen LogP contribution is -2.41. The third-order valence-electron chi connectivity index (χ3n) is 4.53. The highest BCUT2D eigenvalue weighted by atomic mass is 19.1. The van der Waals surface area contributed by atoms with Crippen LogP contribution in [0, 0.1) is 5.82 Å². The number of amides is 2. The Bertz CT molecular complexity index is 898. The molecule has 1 fully saturated rings. The van der Waals surface area contributed by atoms with E-state index in [2.05, 4.69) is 20.9 Å². The highest BCUT2D eigenvalue weighted by Gasteiger charge is 2.21. The smallest absolute Gasteiger partial charge is 0.243 e. The molecular formula is C21H24FN5O2. The van der Waals surface area contributed by atoms with Gasteiger partial charge in [0.2, 0.25) is 11.8 Å². The van der Waals surface area contributed by atoms with Crippen molar-refractivity contribution in [2.75, 3.05) is 30.4 Å². The minimum atomic E-state index is -0.409. The number of benzene rings is 2. The van der Waals surface area contributed by atoms with E-state index in [0.29, 0.717) is 24.6 Å². The van der Waals surface area contributed by atoms with E-state index < -0.39 is 5.82 Å². The Morgan fingerprint density at radius 3 is 2.62 bits per heavy atom. The summed E-state index contributed by atoms with van der Waals surface area (Å²) in [6.07, 6.45) is 1.51. The number of hydrogen-bond donors (Lipinski definition) is 3. The normalized spacial score (nSPS) is 14.1. The van der Waals surface area contributed by atoms with Gasteiger partial charge in [-0.3, -0.25) is 14.6 Å². The first-order chi connectivity index (χ1) is 14.0. The van der Waals surface area contributed by atoms with Crippen LogP contribution in [0.25, 0.3) is 0 Å². The van der Waals surface area contributed by atoms with Crippen LogP contribution >= 0.6 is 0 Å². The molecule has 0 spiro atoms. The molecule has 3 N–H and O–H groups in total. The first kappa shape index (κ1) is 20.3. The number of guanidine groups is 1. The number of nitrogens with one attached hydrogen (secondary N) is 3. The van der Waals surface area contributed by atoms with Gasteiger partial charge in [-0.1, -0.05) is 18.2 Å². The van der Waals surface area contributed by atoms with Gasteiger partial charge >= 0.3 is 0 Å².